The van der Waals surface area contributed by atoms with Gasteiger partial charge in [-0.05, 0) is 17.7 Å². The fraction of sp³-hybridized carbons (Fsp3) is 0. The molecule has 0 saturated heterocycles. The molecule has 0 fully saturated rings. The zero-order valence-corrected chi connectivity index (χ0v) is 8.99. The summed E-state index contributed by atoms with van der Waals surface area (Å²) in [5.41, 5.74) is 1.70. The lowest BCUT2D eigenvalue weighted by Crippen LogP contribution is -1.86. The number of hydrogen-bond acceptors (Lipinski definition) is 3. The molecule has 0 radical (unpaired) electrons. The van der Waals surface area contributed by atoms with E-state index in [0.717, 1.165) is 11.3 Å². The molecule has 0 atom stereocenters. The Hall–Kier alpha value is -2.49. The van der Waals surface area contributed by atoms with Gasteiger partial charge in [-0.3, -0.25) is 4.98 Å². The lowest BCUT2D eigenvalue weighted by Gasteiger charge is -2.00. The van der Waals surface area contributed by atoms with E-state index in [4.69, 9.17) is 0 Å². The van der Waals surface area contributed by atoms with Crippen molar-refractivity contribution in [2.45, 2.75) is 0 Å². The van der Waals surface area contributed by atoms with E-state index in [1.807, 2.05) is 48.5 Å². The van der Waals surface area contributed by atoms with E-state index in [1.54, 1.807) is 6.20 Å². The molecule has 0 bridgehead atoms. The summed E-state index contributed by atoms with van der Waals surface area (Å²) in [5, 5.41) is 8.10. The van der Waals surface area contributed by atoms with Gasteiger partial charge in [0.1, 0.15) is 0 Å². The summed E-state index contributed by atoms with van der Waals surface area (Å²) in [6.45, 7) is 0. The second-order valence-corrected chi connectivity index (χ2v) is 3.54. The molecule has 0 aliphatic carbocycles. The number of aromatic nitrogens is 4. The van der Waals surface area contributed by atoms with Crippen molar-refractivity contribution in [3.8, 4) is 22.9 Å². The summed E-state index contributed by atoms with van der Waals surface area (Å²) in [5.74, 6) is 1.19. The maximum atomic E-state index is 4.37. The van der Waals surface area contributed by atoms with Crippen LogP contribution in [0.1, 0.15) is 0 Å². The van der Waals surface area contributed by atoms with Crippen molar-refractivity contribution in [3.05, 3.63) is 54.7 Å². The Bertz CT molecular complexity index is 548. The summed E-state index contributed by atoms with van der Waals surface area (Å²) < 4.78 is 0. The smallest absolute Gasteiger partial charge is 0.0757 e. The van der Waals surface area contributed by atoms with Gasteiger partial charge >= 0.3 is 0 Å². The molecule has 2 aromatic heterocycles. The Kier molecular flexibility index (Phi) is 2.38. The first-order valence-electron chi connectivity index (χ1n) is 5.28. The van der Waals surface area contributed by atoms with Crippen molar-refractivity contribution < 1.29 is 0 Å². The maximum Gasteiger partial charge on any atom is 0.0757 e. The first-order chi connectivity index (χ1) is 8.43. The van der Waals surface area contributed by atoms with E-state index in [-0.39, 0.29) is 0 Å². The molecule has 0 unspecified atom stereocenters. The molecule has 1 aromatic carbocycles. The van der Waals surface area contributed by atoms with Crippen molar-refractivity contribution in [1.82, 2.24) is 20.2 Å². The van der Waals surface area contributed by atoms with Gasteiger partial charge in [-0.1, -0.05) is 36.4 Å². The molecule has 3 aromatic rings. The predicted octanol–water partition coefficient (Wildman–Crippen LogP) is 2.16. The average Bonchev–Trinajstić information content (AvgIpc) is 2.90. The summed E-state index contributed by atoms with van der Waals surface area (Å²) >= 11 is 0. The molecule has 4 nitrogen and oxygen atoms in total. The molecule has 0 spiro atoms. The Morgan fingerprint density at radius 3 is 2.29 bits per heavy atom. The molecule has 2 heterocycles. The highest BCUT2D eigenvalue weighted by Gasteiger charge is 1.98. The second kappa shape index (κ2) is 4.17. The fourth-order valence-electron chi connectivity index (χ4n) is 1.55. The minimum absolute atomic E-state index is 0.560. The standard InChI is InChI=1S/C13H9N4/c1-2-6-10(7-3-1)12-15-13(17-16-12)11-8-4-5-9-14-11/h1-9H/q-1. The van der Waals surface area contributed by atoms with Gasteiger partial charge in [0.15, 0.2) is 0 Å². The van der Waals surface area contributed by atoms with E-state index >= 15 is 0 Å². The van der Waals surface area contributed by atoms with Crippen LogP contribution >= 0.6 is 0 Å². The summed E-state index contributed by atoms with van der Waals surface area (Å²) in [4.78, 5) is 8.56. The molecular formula is C13H9N4-. The molecule has 0 saturated carbocycles. The predicted molar refractivity (Wildman–Crippen MR) is 64.0 cm³/mol. The van der Waals surface area contributed by atoms with Crippen LogP contribution in [0.3, 0.4) is 0 Å². The third kappa shape index (κ3) is 1.92. The van der Waals surface area contributed by atoms with Gasteiger partial charge in [-0.15, -0.1) is 0 Å². The molecule has 3 rings (SSSR count). The Morgan fingerprint density at radius 1 is 0.765 bits per heavy atom. The van der Waals surface area contributed by atoms with Crippen LogP contribution in [-0.4, -0.2) is 15.2 Å². The first kappa shape index (κ1) is 9.72. The van der Waals surface area contributed by atoms with E-state index in [9.17, 15) is 0 Å². The monoisotopic (exact) mass is 221 g/mol. The van der Waals surface area contributed by atoms with Crippen LogP contribution in [0, 0.1) is 0 Å². The highest BCUT2D eigenvalue weighted by atomic mass is 15.2. The quantitative estimate of drug-likeness (QED) is 0.665. The third-order valence-corrected chi connectivity index (χ3v) is 2.38. The van der Waals surface area contributed by atoms with E-state index in [1.165, 1.54) is 0 Å². The highest BCUT2D eigenvalue weighted by molar-refractivity contribution is 5.58. The number of rotatable bonds is 2. The Morgan fingerprint density at radius 2 is 1.53 bits per heavy atom. The van der Waals surface area contributed by atoms with E-state index in [0.29, 0.717) is 11.6 Å². The number of benzene rings is 1. The largest absolute Gasteiger partial charge is 0.356 e. The van der Waals surface area contributed by atoms with Crippen LogP contribution in [0.2, 0.25) is 0 Å². The van der Waals surface area contributed by atoms with E-state index in [2.05, 4.69) is 20.2 Å². The fourth-order valence-corrected chi connectivity index (χ4v) is 1.55. The Balaban J connectivity index is 1.99. The van der Waals surface area contributed by atoms with Crippen molar-refractivity contribution in [3.63, 3.8) is 0 Å². The van der Waals surface area contributed by atoms with Crippen LogP contribution in [0.4, 0.5) is 0 Å². The van der Waals surface area contributed by atoms with Crippen molar-refractivity contribution >= 4 is 0 Å². The molecule has 0 aliphatic heterocycles. The van der Waals surface area contributed by atoms with Gasteiger partial charge in [-0.2, -0.15) is 0 Å². The van der Waals surface area contributed by atoms with Crippen LogP contribution in [-0.2, 0) is 0 Å². The summed E-state index contributed by atoms with van der Waals surface area (Å²) in [6, 6.07) is 15.4. The van der Waals surface area contributed by atoms with Gasteiger partial charge in [-0.25, -0.2) is 0 Å². The van der Waals surface area contributed by atoms with Crippen LogP contribution in [0.25, 0.3) is 22.9 Å². The molecule has 0 aliphatic rings. The molecular weight excluding hydrogens is 212 g/mol. The SMILES string of the molecule is c1ccc(-c2nnc(-c3ccccn3)[n-]2)cc1. The summed E-state index contributed by atoms with van der Waals surface area (Å²) in [7, 11) is 0. The van der Waals surface area contributed by atoms with Crippen LogP contribution in [0.5, 0.6) is 0 Å². The minimum Gasteiger partial charge on any atom is -0.356 e. The zero-order chi connectivity index (χ0) is 11.5. The number of pyridine rings is 1. The van der Waals surface area contributed by atoms with Crippen LogP contribution in [0.15, 0.2) is 54.7 Å². The van der Waals surface area contributed by atoms with Gasteiger partial charge in [0.05, 0.1) is 5.69 Å². The number of nitrogens with zero attached hydrogens (tertiary/aromatic N) is 4. The molecule has 82 valence electrons. The molecule has 0 amide bonds. The highest BCUT2D eigenvalue weighted by Crippen LogP contribution is 2.16. The Labute approximate surface area is 98.4 Å². The third-order valence-electron chi connectivity index (χ3n) is 2.38. The van der Waals surface area contributed by atoms with Crippen LogP contribution < -0.4 is 4.98 Å². The molecule has 4 heteroatoms. The normalized spacial score (nSPS) is 10.4. The molecule has 0 N–H and O–H groups in total. The first-order valence-corrected chi connectivity index (χ1v) is 5.28. The number of hydrogen-bond donors (Lipinski definition) is 0. The van der Waals surface area contributed by atoms with Gasteiger partial charge in [0.2, 0.25) is 0 Å². The van der Waals surface area contributed by atoms with Crippen molar-refractivity contribution in [2.75, 3.05) is 0 Å². The van der Waals surface area contributed by atoms with Gasteiger partial charge in [0, 0.05) is 17.8 Å². The van der Waals surface area contributed by atoms with E-state index < -0.39 is 0 Å². The van der Waals surface area contributed by atoms with Crippen molar-refractivity contribution in [1.29, 1.82) is 0 Å². The minimum atomic E-state index is 0.560. The summed E-state index contributed by atoms with van der Waals surface area (Å²) in [6.07, 6.45) is 1.72. The maximum absolute atomic E-state index is 4.37. The second-order valence-electron chi connectivity index (χ2n) is 3.54. The lowest BCUT2D eigenvalue weighted by molar-refractivity contribution is 1.09. The zero-order valence-electron chi connectivity index (χ0n) is 8.99. The van der Waals surface area contributed by atoms with Crippen molar-refractivity contribution in [2.24, 2.45) is 0 Å². The topological polar surface area (TPSA) is 52.8 Å². The lowest BCUT2D eigenvalue weighted by atomic mass is 10.2. The molecule has 17 heavy (non-hydrogen) atoms. The average molecular weight is 221 g/mol. The van der Waals surface area contributed by atoms with Gasteiger partial charge in [0.25, 0.3) is 0 Å². The van der Waals surface area contributed by atoms with Gasteiger partial charge < -0.3 is 15.2 Å².